The van der Waals surface area contributed by atoms with Gasteiger partial charge >= 0.3 is 11.9 Å². The van der Waals surface area contributed by atoms with Crippen molar-refractivity contribution in [1.82, 2.24) is 15.3 Å². The fraction of sp³-hybridized carbons (Fsp3) is 0.154. The Labute approximate surface area is 118 Å². The predicted octanol–water partition coefficient (Wildman–Crippen LogP) is 0.287. The van der Waals surface area contributed by atoms with Crippen LogP contribution in [0.5, 0.6) is 0 Å². The summed E-state index contributed by atoms with van der Waals surface area (Å²) >= 11 is 0. The van der Waals surface area contributed by atoms with Crippen molar-refractivity contribution < 1.29 is 24.6 Å². The Balaban J connectivity index is 2.20. The zero-order valence-electron chi connectivity index (χ0n) is 10.7. The third-order valence-electron chi connectivity index (χ3n) is 2.71. The summed E-state index contributed by atoms with van der Waals surface area (Å²) in [7, 11) is 0. The maximum Gasteiger partial charge on any atom is 0.326 e. The summed E-state index contributed by atoms with van der Waals surface area (Å²) in [6.45, 7) is 0. The van der Waals surface area contributed by atoms with Gasteiger partial charge in [0.05, 0.1) is 17.5 Å². The van der Waals surface area contributed by atoms with E-state index in [1.807, 2.05) is 0 Å². The molecule has 0 aliphatic rings. The van der Waals surface area contributed by atoms with E-state index in [1.165, 1.54) is 24.5 Å². The van der Waals surface area contributed by atoms with E-state index >= 15 is 0 Å². The summed E-state index contributed by atoms with van der Waals surface area (Å²) < 4.78 is 0. The van der Waals surface area contributed by atoms with Crippen LogP contribution in [0.4, 0.5) is 0 Å². The normalized spacial score (nSPS) is 11.8. The molecule has 0 aliphatic heterocycles. The molecule has 0 fully saturated rings. The number of nitrogens with zero attached hydrogens (tertiary/aromatic N) is 2. The molecule has 0 radical (unpaired) electrons. The molecule has 1 atom stereocenters. The van der Waals surface area contributed by atoms with Gasteiger partial charge < -0.3 is 15.5 Å². The fourth-order valence-electron chi connectivity index (χ4n) is 1.72. The van der Waals surface area contributed by atoms with Crippen LogP contribution in [0.15, 0.2) is 30.6 Å². The standard InChI is InChI=1S/C13H11N3O5/c17-11(18)6-10(13(20)21)16-12(19)7-1-2-8-9(5-7)15-4-3-14-8/h1-5,10H,6H2,(H,16,19)(H,17,18)(H,20,21)/t10-/m1/s1. The molecule has 8 heteroatoms. The predicted molar refractivity (Wildman–Crippen MR) is 70.7 cm³/mol. The zero-order chi connectivity index (χ0) is 15.4. The van der Waals surface area contributed by atoms with E-state index in [9.17, 15) is 14.4 Å². The Bertz CT molecular complexity index is 716. The number of nitrogens with one attached hydrogen (secondary N) is 1. The first-order valence-corrected chi connectivity index (χ1v) is 5.93. The van der Waals surface area contributed by atoms with Crippen molar-refractivity contribution in [2.24, 2.45) is 0 Å². The van der Waals surface area contributed by atoms with Gasteiger partial charge in [0.1, 0.15) is 6.04 Å². The van der Waals surface area contributed by atoms with E-state index in [1.54, 1.807) is 6.07 Å². The van der Waals surface area contributed by atoms with Gasteiger partial charge in [0, 0.05) is 18.0 Å². The van der Waals surface area contributed by atoms with E-state index in [2.05, 4.69) is 15.3 Å². The van der Waals surface area contributed by atoms with Crippen molar-refractivity contribution in [3.63, 3.8) is 0 Å². The number of benzene rings is 1. The molecule has 1 aromatic carbocycles. The highest BCUT2D eigenvalue weighted by atomic mass is 16.4. The molecular formula is C13H11N3O5. The molecule has 0 unspecified atom stereocenters. The lowest BCUT2D eigenvalue weighted by molar-refractivity contribution is -0.145. The fourth-order valence-corrected chi connectivity index (χ4v) is 1.72. The molecule has 0 saturated heterocycles. The van der Waals surface area contributed by atoms with Crippen LogP contribution < -0.4 is 5.32 Å². The lowest BCUT2D eigenvalue weighted by Gasteiger charge is -2.12. The van der Waals surface area contributed by atoms with E-state index in [0.29, 0.717) is 11.0 Å². The van der Waals surface area contributed by atoms with Gasteiger partial charge in [-0.2, -0.15) is 0 Å². The lowest BCUT2D eigenvalue weighted by Crippen LogP contribution is -2.42. The number of carbonyl (C=O) groups excluding carboxylic acids is 1. The van der Waals surface area contributed by atoms with Crippen LogP contribution in [0.25, 0.3) is 11.0 Å². The molecule has 2 aromatic rings. The van der Waals surface area contributed by atoms with E-state index in [-0.39, 0.29) is 5.56 Å². The highest BCUT2D eigenvalue weighted by molar-refractivity contribution is 5.99. The van der Waals surface area contributed by atoms with Crippen LogP contribution in [-0.4, -0.2) is 44.1 Å². The summed E-state index contributed by atoms with van der Waals surface area (Å²) in [5, 5.41) is 19.7. The van der Waals surface area contributed by atoms with Crippen molar-refractivity contribution in [3.05, 3.63) is 36.2 Å². The summed E-state index contributed by atoms with van der Waals surface area (Å²) in [5.41, 5.74) is 1.25. The van der Waals surface area contributed by atoms with Crippen LogP contribution in [0.3, 0.4) is 0 Å². The van der Waals surface area contributed by atoms with Crippen molar-refractivity contribution in [1.29, 1.82) is 0 Å². The number of carbonyl (C=O) groups is 3. The van der Waals surface area contributed by atoms with Crippen LogP contribution >= 0.6 is 0 Å². The van der Waals surface area contributed by atoms with Gasteiger partial charge in [-0.1, -0.05) is 0 Å². The Hall–Kier alpha value is -3.03. The largest absolute Gasteiger partial charge is 0.481 e. The maximum absolute atomic E-state index is 12.0. The zero-order valence-corrected chi connectivity index (χ0v) is 10.7. The van der Waals surface area contributed by atoms with Gasteiger partial charge in [0.15, 0.2) is 0 Å². The molecule has 3 N–H and O–H groups in total. The minimum Gasteiger partial charge on any atom is -0.481 e. The van der Waals surface area contributed by atoms with E-state index < -0.39 is 30.3 Å². The quantitative estimate of drug-likeness (QED) is 0.721. The molecule has 108 valence electrons. The van der Waals surface area contributed by atoms with Gasteiger partial charge in [-0.3, -0.25) is 19.6 Å². The summed E-state index contributed by atoms with van der Waals surface area (Å²) in [5.74, 6) is -3.41. The minimum absolute atomic E-state index is 0.180. The smallest absolute Gasteiger partial charge is 0.326 e. The Kier molecular flexibility index (Phi) is 4.07. The molecule has 0 bridgehead atoms. The topological polar surface area (TPSA) is 129 Å². The van der Waals surface area contributed by atoms with Gasteiger partial charge in [-0.15, -0.1) is 0 Å². The third-order valence-corrected chi connectivity index (χ3v) is 2.71. The number of carboxylic acid groups (broad SMARTS) is 2. The summed E-state index contributed by atoms with van der Waals surface area (Å²) in [6, 6.07) is 3.00. The average Bonchev–Trinajstić information content (AvgIpc) is 2.45. The number of hydrogen-bond donors (Lipinski definition) is 3. The Morgan fingerprint density at radius 3 is 2.38 bits per heavy atom. The molecule has 1 aromatic heterocycles. The number of amides is 1. The number of hydrogen-bond acceptors (Lipinski definition) is 5. The van der Waals surface area contributed by atoms with Crippen LogP contribution in [0, 0.1) is 0 Å². The number of carboxylic acids is 2. The first-order valence-electron chi connectivity index (χ1n) is 5.93. The average molecular weight is 289 g/mol. The number of rotatable bonds is 5. The monoisotopic (exact) mass is 289 g/mol. The van der Waals surface area contributed by atoms with Crippen molar-refractivity contribution >= 4 is 28.9 Å². The van der Waals surface area contributed by atoms with E-state index in [0.717, 1.165) is 0 Å². The molecular weight excluding hydrogens is 278 g/mol. The molecule has 0 saturated carbocycles. The van der Waals surface area contributed by atoms with Crippen molar-refractivity contribution in [2.45, 2.75) is 12.5 Å². The molecule has 1 amide bonds. The second-order valence-electron chi connectivity index (χ2n) is 4.22. The Morgan fingerprint density at radius 2 is 1.76 bits per heavy atom. The summed E-state index contributed by atoms with van der Waals surface area (Å²) in [6.07, 6.45) is 2.28. The van der Waals surface area contributed by atoms with Crippen LogP contribution in [-0.2, 0) is 9.59 Å². The highest BCUT2D eigenvalue weighted by Crippen LogP contribution is 2.11. The van der Waals surface area contributed by atoms with Gasteiger partial charge in [-0.25, -0.2) is 4.79 Å². The van der Waals surface area contributed by atoms with Crippen LogP contribution in [0.1, 0.15) is 16.8 Å². The van der Waals surface area contributed by atoms with Gasteiger partial charge in [-0.05, 0) is 18.2 Å². The second kappa shape index (κ2) is 5.95. The molecule has 0 spiro atoms. The third kappa shape index (κ3) is 3.50. The van der Waals surface area contributed by atoms with E-state index in [4.69, 9.17) is 10.2 Å². The lowest BCUT2D eigenvalue weighted by atomic mass is 10.1. The highest BCUT2D eigenvalue weighted by Gasteiger charge is 2.23. The number of aliphatic carboxylic acids is 2. The molecule has 0 aliphatic carbocycles. The van der Waals surface area contributed by atoms with Crippen LogP contribution in [0.2, 0.25) is 0 Å². The summed E-state index contributed by atoms with van der Waals surface area (Å²) in [4.78, 5) is 41.5. The van der Waals surface area contributed by atoms with Gasteiger partial charge in [0.25, 0.3) is 5.91 Å². The second-order valence-corrected chi connectivity index (χ2v) is 4.22. The Morgan fingerprint density at radius 1 is 1.10 bits per heavy atom. The number of aromatic nitrogens is 2. The van der Waals surface area contributed by atoms with Gasteiger partial charge in [0.2, 0.25) is 0 Å². The first-order chi connectivity index (χ1) is 9.97. The van der Waals surface area contributed by atoms with Crippen molar-refractivity contribution in [2.75, 3.05) is 0 Å². The molecule has 21 heavy (non-hydrogen) atoms. The molecule has 1 heterocycles. The molecule has 8 nitrogen and oxygen atoms in total. The minimum atomic E-state index is -1.49. The maximum atomic E-state index is 12.0. The molecule has 2 rings (SSSR count). The number of fused-ring (bicyclic) bond motifs is 1. The first kappa shape index (κ1) is 14.4. The SMILES string of the molecule is O=C(O)C[C@@H](NC(=O)c1ccc2nccnc2c1)C(=O)O. The van der Waals surface area contributed by atoms with Crippen molar-refractivity contribution in [3.8, 4) is 0 Å².